The number of rotatable bonds is 6. The minimum absolute atomic E-state index is 0.0495. The van der Waals surface area contributed by atoms with E-state index in [9.17, 15) is 4.79 Å². The number of carbonyl (C=O) groups excluding carboxylic acids is 1. The molecule has 2 fully saturated rings. The normalized spacial score (nSPS) is 25.4. The third-order valence-electron chi connectivity index (χ3n) is 5.84. The fourth-order valence-corrected chi connectivity index (χ4v) is 4.25. The topological polar surface area (TPSA) is 68.5 Å². The highest BCUT2D eigenvalue weighted by atomic mass is 16.5. The van der Waals surface area contributed by atoms with Gasteiger partial charge in [0.25, 0.3) is 0 Å². The molecule has 1 aromatic heterocycles. The van der Waals surface area contributed by atoms with Crippen LogP contribution in [0.25, 0.3) is 0 Å². The summed E-state index contributed by atoms with van der Waals surface area (Å²) < 4.78 is 5.76. The molecule has 2 aliphatic heterocycles. The van der Waals surface area contributed by atoms with Crippen molar-refractivity contribution in [3.8, 4) is 0 Å². The number of aryl methyl sites for hydroxylation is 2. The van der Waals surface area contributed by atoms with Gasteiger partial charge in [-0.3, -0.25) is 9.78 Å². The molecule has 0 spiro atoms. The van der Waals surface area contributed by atoms with Gasteiger partial charge in [0.2, 0.25) is 5.91 Å². The van der Waals surface area contributed by atoms with Gasteiger partial charge in [0.15, 0.2) is 0 Å². The number of hydrogen-bond donors (Lipinski definition) is 1. The van der Waals surface area contributed by atoms with E-state index in [-0.39, 0.29) is 17.9 Å². The van der Waals surface area contributed by atoms with Crippen molar-refractivity contribution >= 4 is 5.91 Å². The smallest absolute Gasteiger partial charge is 0.223 e. The summed E-state index contributed by atoms with van der Waals surface area (Å²) in [5.74, 6) is 0.384. The van der Waals surface area contributed by atoms with Crippen LogP contribution in [0.1, 0.15) is 42.5 Å². The standard InChI is InChI=1S/C20H31N3O2/c1-14-11-15(2)18(22-13-14)5-9-23-7-3-16(4-8-23)12-19-17(20(21)24)6-10-25-19/h11,13,16-17,19H,3-10,12H2,1-2H3,(H2,21,24)/t17-,19-/m1/s1. The Bertz CT molecular complexity index is 597. The Hall–Kier alpha value is -1.46. The predicted octanol–water partition coefficient (Wildman–Crippen LogP) is 2.23. The van der Waals surface area contributed by atoms with Crippen molar-refractivity contribution < 1.29 is 9.53 Å². The molecule has 1 aromatic rings. The zero-order chi connectivity index (χ0) is 17.8. The maximum Gasteiger partial charge on any atom is 0.223 e. The number of nitrogens with two attached hydrogens (primary N) is 1. The second kappa shape index (κ2) is 8.28. The van der Waals surface area contributed by atoms with Crippen LogP contribution < -0.4 is 5.73 Å². The summed E-state index contributed by atoms with van der Waals surface area (Å²) in [7, 11) is 0. The first-order valence-corrected chi connectivity index (χ1v) is 9.58. The summed E-state index contributed by atoms with van der Waals surface area (Å²) in [6.45, 7) is 8.25. The Morgan fingerprint density at radius 1 is 1.32 bits per heavy atom. The van der Waals surface area contributed by atoms with Crippen LogP contribution in [-0.4, -0.2) is 48.1 Å². The van der Waals surface area contributed by atoms with Crippen molar-refractivity contribution in [2.24, 2.45) is 17.6 Å². The molecule has 0 radical (unpaired) electrons. The van der Waals surface area contributed by atoms with Crippen LogP contribution in [0.4, 0.5) is 0 Å². The molecule has 2 aliphatic rings. The van der Waals surface area contributed by atoms with Crippen LogP contribution in [0.2, 0.25) is 0 Å². The van der Waals surface area contributed by atoms with Gasteiger partial charge in [0.1, 0.15) is 0 Å². The Kier molecular flexibility index (Phi) is 6.07. The average molecular weight is 345 g/mol. The highest BCUT2D eigenvalue weighted by molar-refractivity contribution is 5.77. The Labute approximate surface area is 150 Å². The highest BCUT2D eigenvalue weighted by Gasteiger charge is 2.34. The largest absolute Gasteiger partial charge is 0.377 e. The van der Waals surface area contributed by atoms with Crippen LogP contribution in [-0.2, 0) is 16.0 Å². The highest BCUT2D eigenvalue weighted by Crippen LogP contribution is 2.30. The van der Waals surface area contributed by atoms with Crippen molar-refractivity contribution in [3.63, 3.8) is 0 Å². The molecular formula is C20H31N3O2. The SMILES string of the molecule is Cc1cnc(CCN2CCC(C[C@H]3OCC[C@H]3C(N)=O)CC2)c(C)c1. The summed E-state index contributed by atoms with van der Waals surface area (Å²) >= 11 is 0. The molecule has 0 unspecified atom stereocenters. The molecule has 0 bridgehead atoms. The van der Waals surface area contributed by atoms with E-state index in [1.165, 1.54) is 29.7 Å². The lowest BCUT2D eigenvalue weighted by Crippen LogP contribution is -2.38. The van der Waals surface area contributed by atoms with E-state index in [2.05, 4.69) is 29.8 Å². The van der Waals surface area contributed by atoms with Crippen molar-refractivity contribution in [1.29, 1.82) is 0 Å². The van der Waals surface area contributed by atoms with Gasteiger partial charge in [0.05, 0.1) is 12.0 Å². The first-order valence-electron chi connectivity index (χ1n) is 9.58. The third-order valence-corrected chi connectivity index (χ3v) is 5.84. The van der Waals surface area contributed by atoms with Gasteiger partial charge >= 0.3 is 0 Å². The number of primary amides is 1. The van der Waals surface area contributed by atoms with Gasteiger partial charge in [-0.05, 0) is 69.7 Å². The molecule has 2 saturated heterocycles. The summed E-state index contributed by atoms with van der Waals surface area (Å²) in [5, 5.41) is 0. The van der Waals surface area contributed by atoms with Gasteiger partial charge in [-0.1, -0.05) is 6.07 Å². The first-order chi connectivity index (χ1) is 12.0. The Balaban J connectivity index is 1.42. The second-order valence-electron chi connectivity index (χ2n) is 7.75. The monoisotopic (exact) mass is 345 g/mol. The van der Waals surface area contributed by atoms with Crippen molar-refractivity contribution in [2.45, 2.75) is 52.1 Å². The molecule has 2 atom stereocenters. The molecule has 0 aromatic carbocycles. The van der Waals surface area contributed by atoms with Crippen LogP contribution in [0.3, 0.4) is 0 Å². The maximum absolute atomic E-state index is 11.5. The third kappa shape index (κ3) is 4.79. The van der Waals surface area contributed by atoms with Crippen LogP contribution in [0.15, 0.2) is 12.3 Å². The Morgan fingerprint density at radius 3 is 2.76 bits per heavy atom. The van der Waals surface area contributed by atoms with Crippen LogP contribution in [0.5, 0.6) is 0 Å². The van der Waals surface area contributed by atoms with E-state index in [0.29, 0.717) is 12.5 Å². The minimum atomic E-state index is -0.194. The van der Waals surface area contributed by atoms with Gasteiger partial charge in [-0.2, -0.15) is 0 Å². The lowest BCUT2D eigenvalue weighted by molar-refractivity contribution is -0.123. The van der Waals surface area contributed by atoms with Crippen molar-refractivity contribution in [1.82, 2.24) is 9.88 Å². The number of piperidine rings is 1. The summed E-state index contributed by atoms with van der Waals surface area (Å²) in [6, 6.07) is 2.21. The van der Waals surface area contributed by atoms with Gasteiger partial charge in [0, 0.05) is 31.5 Å². The second-order valence-corrected chi connectivity index (χ2v) is 7.75. The lowest BCUT2D eigenvalue weighted by atomic mass is 9.86. The van der Waals surface area contributed by atoms with Crippen LogP contribution in [0, 0.1) is 25.7 Å². The molecule has 1 amide bonds. The molecule has 3 rings (SSSR count). The number of ether oxygens (including phenoxy) is 1. The van der Waals surface area contributed by atoms with E-state index in [4.69, 9.17) is 10.5 Å². The maximum atomic E-state index is 11.5. The average Bonchev–Trinajstić information content (AvgIpc) is 3.04. The number of carbonyl (C=O) groups is 1. The van der Waals surface area contributed by atoms with Crippen LogP contribution >= 0.6 is 0 Å². The molecule has 25 heavy (non-hydrogen) atoms. The lowest BCUT2D eigenvalue weighted by Gasteiger charge is -2.33. The molecule has 5 nitrogen and oxygen atoms in total. The Morgan fingerprint density at radius 2 is 2.08 bits per heavy atom. The molecular weight excluding hydrogens is 314 g/mol. The minimum Gasteiger partial charge on any atom is -0.377 e. The van der Waals surface area contributed by atoms with Gasteiger partial charge in [-0.25, -0.2) is 0 Å². The molecule has 0 saturated carbocycles. The number of amides is 1. The first kappa shape index (κ1) is 18.3. The predicted molar refractivity (Wildman–Crippen MR) is 98.2 cm³/mol. The quantitative estimate of drug-likeness (QED) is 0.858. The van der Waals surface area contributed by atoms with Gasteiger partial charge in [-0.15, -0.1) is 0 Å². The summed E-state index contributed by atoms with van der Waals surface area (Å²) in [6.07, 6.45) is 7.19. The fraction of sp³-hybridized carbons (Fsp3) is 0.700. The zero-order valence-corrected chi connectivity index (χ0v) is 15.5. The van der Waals surface area contributed by atoms with Gasteiger partial charge < -0.3 is 15.4 Å². The summed E-state index contributed by atoms with van der Waals surface area (Å²) in [4.78, 5) is 18.6. The van der Waals surface area contributed by atoms with E-state index < -0.39 is 0 Å². The zero-order valence-electron chi connectivity index (χ0n) is 15.5. The molecule has 0 aliphatic carbocycles. The number of aromatic nitrogens is 1. The number of hydrogen-bond acceptors (Lipinski definition) is 4. The van der Waals surface area contributed by atoms with E-state index in [1.54, 1.807) is 0 Å². The number of likely N-dealkylation sites (tertiary alicyclic amines) is 1. The number of nitrogens with zero attached hydrogens (tertiary/aromatic N) is 2. The molecule has 3 heterocycles. The number of pyridine rings is 1. The van der Waals surface area contributed by atoms with Crippen molar-refractivity contribution in [2.75, 3.05) is 26.2 Å². The van der Waals surface area contributed by atoms with E-state index in [1.807, 2.05) is 6.20 Å². The molecule has 2 N–H and O–H groups in total. The van der Waals surface area contributed by atoms with E-state index >= 15 is 0 Å². The molecule has 5 heteroatoms. The van der Waals surface area contributed by atoms with Crippen molar-refractivity contribution in [3.05, 3.63) is 29.1 Å². The molecule has 138 valence electrons. The fourth-order valence-electron chi connectivity index (χ4n) is 4.25. The van der Waals surface area contributed by atoms with E-state index in [0.717, 1.165) is 38.9 Å². The summed E-state index contributed by atoms with van der Waals surface area (Å²) in [5.41, 5.74) is 9.24.